The molecular weight excluding hydrogens is 586 g/mol. The standard InChI is InChI=1S/C25H39N3O5.C7H8O3S/c26-20-1-3-21(4-2-20)28-23(30)22(29)27-14-15-5-7-24(8-6-15)31-25(33-32-24)18-10-16-9-17(12-18)13-19(25)11-16;1-6-2-4-7(5-3-6)11(8,9)10/h15-21H,1-14,26H2,(H,27,29)(H,28,30);2-5H,1H3,(H,8,9,10). The zero-order valence-electron chi connectivity index (χ0n) is 25.5. The Morgan fingerprint density at radius 2 is 1.48 bits per heavy atom. The first-order chi connectivity index (χ1) is 20.9. The minimum Gasteiger partial charge on any atom is -0.348 e. The lowest BCUT2D eigenvalue weighted by Gasteiger charge is -2.57. The topological polar surface area (TPSA) is 166 Å². The molecule has 5 N–H and O–H groups in total. The van der Waals surface area contributed by atoms with E-state index in [4.69, 9.17) is 24.8 Å². The third kappa shape index (κ3) is 6.85. The number of hydrogen-bond donors (Lipinski definition) is 4. The predicted molar refractivity (Wildman–Crippen MR) is 160 cm³/mol. The lowest BCUT2D eigenvalue weighted by atomic mass is 9.53. The van der Waals surface area contributed by atoms with Crippen LogP contribution in [0, 0.1) is 36.5 Å². The van der Waals surface area contributed by atoms with Crippen molar-refractivity contribution < 1.29 is 37.1 Å². The Bertz CT molecular complexity index is 1270. The van der Waals surface area contributed by atoms with Crippen LogP contribution in [0.15, 0.2) is 29.2 Å². The maximum Gasteiger partial charge on any atom is 0.309 e. The monoisotopic (exact) mass is 633 g/mol. The second-order valence-corrected chi connectivity index (χ2v) is 15.7. The van der Waals surface area contributed by atoms with Crippen LogP contribution < -0.4 is 16.4 Å². The molecule has 1 aromatic rings. The van der Waals surface area contributed by atoms with E-state index in [2.05, 4.69) is 10.6 Å². The number of ether oxygens (including phenoxy) is 1. The molecule has 0 unspecified atom stereocenters. The van der Waals surface area contributed by atoms with Gasteiger partial charge in [-0.2, -0.15) is 18.2 Å². The number of amides is 2. The summed E-state index contributed by atoms with van der Waals surface area (Å²) in [7, 11) is -4.02. The number of nitrogens with two attached hydrogens (primary N) is 1. The molecule has 0 aromatic heterocycles. The normalized spacial score (nSPS) is 39.1. The first-order valence-electron chi connectivity index (χ1n) is 16.4. The number of hydrogen-bond acceptors (Lipinski definition) is 8. The van der Waals surface area contributed by atoms with E-state index in [1.807, 2.05) is 6.92 Å². The van der Waals surface area contributed by atoms with E-state index < -0.39 is 33.5 Å². The third-order valence-corrected chi connectivity index (χ3v) is 11.9. The molecule has 1 heterocycles. The fourth-order valence-electron chi connectivity index (χ4n) is 8.66. The summed E-state index contributed by atoms with van der Waals surface area (Å²) in [5.74, 6) is 0.777. The fourth-order valence-corrected chi connectivity index (χ4v) is 9.14. The smallest absolute Gasteiger partial charge is 0.309 e. The molecule has 7 fully saturated rings. The molecule has 244 valence electrons. The van der Waals surface area contributed by atoms with Gasteiger partial charge < -0.3 is 21.1 Å². The van der Waals surface area contributed by atoms with Crippen molar-refractivity contribution in [2.24, 2.45) is 35.3 Å². The van der Waals surface area contributed by atoms with Crippen molar-refractivity contribution in [1.82, 2.24) is 10.6 Å². The van der Waals surface area contributed by atoms with E-state index in [0.717, 1.165) is 68.8 Å². The van der Waals surface area contributed by atoms with Gasteiger partial charge in [-0.25, -0.2) is 0 Å². The van der Waals surface area contributed by atoms with Crippen LogP contribution in [0.25, 0.3) is 0 Å². The van der Waals surface area contributed by atoms with E-state index in [1.165, 1.54) is 44.2 Å². The average molecular weight is 634 g/mol. The summed E-state index contributed by atoms with van der Waals surface area (Å²) in [5.41, 5.74) is 6.87. The zero-order chi connectivity index (χ0) is 31.1. The van der Waals surface area contributed by atoms with Crippen molar-refractivity contribution in [2.75, 3.05) is 6.54 Å². The second-order valence-electron chi connectivity index (χ2n) is 14.2. The van der Waals surface area contributed by atoms with Crippen molar-refractivity contribution >= 4 is 21.9 Å². The highest BCUT2D eigenvalue weighted by Gasteiger charge is 2.66. The highest BCUT2D eigenvalue weighted by molar-refractivity contribution is 7.85. The van der Waals surface area contributed by atoms with Crippen LogP contribution in [-0.4, -0.2) is 55.0 Å². The van der Waals surface area contributed by atoms with Gasteiger partial charge in [-0.15, -0.1) is 0 Å². The van der Waals surface area contributed by atoms with Crippen LogP contribution in [0.3, 0.4) is 0 Å². The number of benzene rings is 1. The molecule has 1 aliphatic heterocycles. The molecule has 7 aliphatic rings. The molecular formula is C32H47N3O8S. The molecule has 6 saturated carbocycles. The molecule has 8 rings (SSSR count). The SMILES string of the molecule is Cc1ccc(S(=O)(=O)O)cc1.NC1CCC(NC(=O)C(=O)NCC2CCC3(CC2)OOC2(O3)C3CC4CC(C3)CC2C4)CC1. The highest BCUT2D eigenvalue weighted by atomic mass is 32.2. The summed E-state index contributed by atoms with van der Waals surface area (Å²) < 4.78 is 36.3. The van der Waals surface area contributed by atoms with E-state index in [9.17, 15) is 18.0 Å². The first-order valence-corrected chi connectivity index (χ1v) is 17.8. The second kappa shape index (κ2) is 12.6. The molecule has 12 heteroatoms. The quantitative estimate of drug-likeness (QED) is 0.219. The van der Waals surface area contributed by atoms with Gasteiger partial charge in [0.1, 0.15) is 0 Å². The van der Waals surface area contributed by atoms with Gasteiger partial charge in [-0.3, -0.25) is 14.1 Å². The van der Waals surface area contributed by atoms with Crippen molar-refractivity contribution in [1.29, 1.82) is 0 Å². The molecule has 2 spiro atoms. The minimum absolute atomic E-state index is 0.0618. The van der Waals surface area contributed by atoms with Gasteiger partial charge in [0.05, 0.1) is 4.90 Å². The molecule has 11 nitrogen and oxygen atoms in total. The van der Waals surface area contributed by atoms with Gasteiger partial charge in [0.25, 0.3) is 10.1 Å². The first kappa shape index (κ1) is 31.9. The Kier molecular flexibility index (Phi) is 9.13. The summed E-state index contributed by atoms with van der Waals surface area (Å²) >= 11 is 0. The Morgan fingerprint density at radius 1 is 0.886 bits per heavy atom. The van der Waals surface area contributed by atoms with E-state index in [0.29, 0.717) is 24.3 Å². The Balaban J connectivity index is 0.000000265. The van der Waals surface area contributed by atoms with Gasteiger partial charge in [-0.1, -0.05) is 17.7 Å². The molecule has 0 radical (unpaired) electrons. The van der Waals surface area contributed by atoms with Crippen LogP contribution in [0.1, 0.15) is 89.0 Å². The van der Waals surface area contributed by atoms with Crippen LogP contribution in [-0.2, 0) is 34.2 Å². The van der Waals surface area contributed by atoms with Crippen LogP contribution in [0.4, 0.5) is 0 Å². The number of nitrogens with one attached hydrogen (secondary N) is 2. The minimum atomic E-state index is -4.02. The zero-order valence-corrected chi connectivity index (χ0v) is 26.4. The summed E-state index contributed by atoms with van der Waals surface area (Å²) in [5, 5.41) is 5.70. The van der Waals surface area contributed by atoms with Crippen LogP contribution in [0.5, 0.6) is 0 Å². The summed E-state index contributed by atoms with van der Waals surface area (Å²) in [6, 6.07) is 6.27. The number of carbonyl (C=O) groups excluding carboxylic acids is 2. The number of carbonyl (C=O) groups is 2. The van der Waals surface area contributed by atoms with Gasteiger partial charge in [0, 0.05) is 43.3 Å². The largest absolute Gasteiger partial charge is 0.348 e. The van der Waals surface area contributed by atoms with Crippen LogP contribution in [0.2, 0.25) is 0 Å². The fraction of sp³-hybridized carbons (Fsp3) is 0.750. The molecule has 44 heavy (non-hydrogen) atoms. The van der Waals surface area contributed by atoms with Gasteiger partial charge in [-0.05, 0) is 107 Å². The summed E-state index contributed by atoms with van der Waals surface area (Å²) in [4.78, 5) is 36.6. The molecule has 1 aromatic carbocycles. The Labute approximate surface area is 260 Å². The molecule has 1 saturated heterocycles. The molecule has 6 aliphatic carbocycles. The number of aryl methyl sites for hydroxylation is 1. The molecule has 4 bridgehead atoms. The van der Waals surface area contributed by atoms with Crippen molar-refractivity contribution in [3.63, 3.8) is 0 Å². The van der Waals surface area contributed by atoms with Gasteiger partial charge in [0.15, 0.2) is 0 Å². The van der Waals surface area contributed by atoms with Crippen molar-refractivity contribution in [2.45, 2.75) is 119 Å². The van der Waals surface area contributed by atoms with E-state index in [1.54, 1.807) is 12.1 Å². The maximum absolute atomic E-state index is 12.3. The Morgan fingerprint density at radius 3 is 2.05 bits per heavy atom. The predicted octanol–water partition coefficient (Wildman–Crippen LogP) is 3.75. The number of rotatable bonds is 4. The highest BCUT2D eigenvalue weighted by Crippen LogP contribution is 2.63. The summed E-state index contributed by atoms with van der Waals surface area (Å²) in [6.45, 7) is 2.35. The van der Waals surface area contributed by atoms with E-state index >= 15 is 0 Å². The molecule has 2 amide bonds. The van der Waals surface area contributed by atoms with E-state index in [-0.39, 0.29) is 17.0 Å². The summed E-state index contributed by atoms with van der Waals surface area (Å²) in [6.07, 6.45) is 13.1. The van der Waals surface area contributed by atoms with Gasteiger partial charge >= 0.3 is 11.8 Å². The van der Waals surface area contributed by atoms with Crippen LogP contribution >= 0.6 is 0 Å². The molecule has 0 atom stereocenters. The maximum atomic E-state index is 12.3. The van der Waals surface area contributed by atoms with Crippen molar-refractivity contribution in [3.8, 4) is 0 Å². The van der Waals surface area contributed by atoms with Gasteiger partial charge in [0.2, 0.25) is 11.6 Å². The lowest BCUT2D eigenvalue weighted by Crippen LogP contribution is -2.59. The third-order valence-electron chi connectivity index (χ3n) is 11.0. The van der Waals surface area contributed by atoms with Crippen molar-refractivity contribution in [3.05, 3.63) is 29.8 Å². The lowest BCUT2D eigenvalue weighted by molar-refractivity contribution is -0.390. The average Bonchev–Trinajstić information content (AvgIpc) is 3.36. The Hall–Kier alpha value is -2.09.